The number of hydrogen-bond donors (Lipinski definition) is 1. The summed E-state index contributed by atoms with van der Waals surface area (Å²) in [7, 11) is 1.91. The molecule has 1 N–H and O–H groups in total. The van der Waals surface area contributed by atoms with Crippen molar-refractivity contribution < 1.29 is 14.0 Å². The Kier molecular flexibility index (Phi) is 7.74. The molecule has 4 rings (SSSR count). The number of carbonyl (C=O) groups is 2. The van der Waals surface area contributed by atoms with Crippen molar-refractivity contribution >= 4 is 34.9 Å². The smallest absolute Gasteiger partial charge is 0.257 e. The molecule has 2 aromatic carbocycles. The molecule has 190 valence electrons. The lowest BCUT2D eigenvalue weighted by molar-refractivity contribution is 0.0421. The summed E-state index contributed by atoms with van der Waals surface area (Å²) in [6.07, 6.45) is 1.79. The van der Waals surface area contributed by atoms with Gasteiger partial charge in [0.15, 0.2) is 0 Å². The van der Waals surface area contributed by atoms with E-state index in [0.717, 1.165) is 12.4 Å². The van der Waals surface area contributed by atoms with Crippen molar-refractivity contribution in [2.24, 2.45) is 0 Å². The molecule has 2 amide bonds. The van der Waals surface area contributed by atoms with E-state index in [9.17, 15) is 9.59 Å². The van der Waals surface area contributed by atoms with Crippen LogP contribution in [-0.4, -0.2) is 48.4 Å². The highest BCUT2D eigenvalue weighted by Crippen LogP contribution is 2.37. The summed E-state index contributed by atoms with van der Waals surface area (Å²) >= 11 is 6.30. The Morgan fingerprint density at radius 3 is 2.41 bits per heavy atom. The number of alkyl halides is 1. The molecular formula is C28H27ClFN5O2. The van der Waals surface area contributed by atoms with Gasteiger partial charge in [-0.05, 0) is 55.0 Å². The molecule has 1 aromatic heterocycles. The molecule has 37 heavy (non-hydrogen) atoms. The molecule has 3 aromatic rings. The Balaban J connectivity index is 1.43. The number of halogens is 2. The minimum absolute atomic E-state index is 0.151. The van der Waals surface area contributed by atoms with Crippen LogP contribution in [0.5, 0.6) is 0 Å². The zero-order valence-electron chi connectivity index (χ0n) is 20.7. The summed E-state index contributed by atoms with van der Waals surface area (Å²) in [5.74, 6) is 0.0951. The van der Waals surface area contributed by atoms with E-state index in [4.69, 9.17) is 16.9 Å². The molecule has 0 aliphatic carbocycles. The fourth-order valence-electron chi connectivity index (χ4n) is 4.24. The van der Waals surface area contributed by atoms with Crippen LogP contribution in [0.4, 0.5) is 15.9 Å². The average Bonchev–Trinajstić information content (AvgIpc) is 2.94. The highest BCUT2D eigenvalue weighted by Gasteiger charge is 2.37. The third kappa shape index (κ3) is 5.73. The van der Waals surface area contributed by atoms with Gasteiger partial charge >= 0.3 is 0 Å². The molecule has 0 unspecified atom stereocenters. The predicted octanol–water partition coefficient (Wildman–Crippen LogP) is 5.42. The number of benzene rings is 2. The first-order valence-corrected chi connectivity index (χ1v) is 12.4. The normalized spacial score (nSPS) is 14.5. The molecule has 1 fully saturated rings. The average molecular weight is 520 g/mol. The van der Waals surface area contributed by atoms with Crippen LogP contribution >= 0.6 is 11.6 Å². The van der Waals surface area contributed by atoms with Crippen LogP contribution in [0.25, 0.3) is 0 Å². The van der Waals surface area contributed by atoms with E-state index in [1.807, 2.05) is 24.9 Å². The SMILES string of the molecule is CCN(C)c1ccc(C(=O)Nc2cc(C(=O)N3CCC(F)(c4ccc(C#N)cc4)CC3)ccc2Cl)cn1. The molecule has 9 heteroatoms. The number of piperidine rings is 1. The van der Waals surface area contributed by atoms with E-state index in [1.165, 1.54) is 12.3 Å². The third-order valence-electron chi connectivity index (χ3n) is 6.71. The van der Waals surface area contributed by atoms with Crippen LogP contribution in [0.3, 0.4) is 0 Å². The molecule has 0 radical (unpaired) electrons. The van der Waals surface area contributed by atoms with Gasteiger partial charge in [-0.25, -0.2) is 9.37 Å². The van der Waals surface area contributed by atoms with Crippen molar-refractivity contribution in [2.75, 3.05) is 36.9 Å². The summed E-state index contributed by atoms with van der Waals surface area (Å²) in [6.45, 7) is 3.27. The molecule has 0 bridgehead atoms. The number of likely N-dealkylation sites (tertiary alicyclic amines) is 1. The highest BCUT2D eigenvalue weighted by molar-refractivity contribution is 6.34. The second kappa shape index (κ2) is 11.0. The van der Waals surface area contributed by atoms with Gasteiger partial charge < -0.3 is 15.1 Å². The zero-order chi connectivity index (χ0) is 26.6. The summed E-state index contributed by atoms with van der Waals surface area (Å²) in [6, 6.07) is 16.6. The lowest BCUT2D eigenvalue weighted by Crippen LogP contribution is -2.43. The summed E-state index contributed by atoms with van der Waals surface area (Å²) in [5, 5.41) is 12.0. The first kappa shape index (κ1) is 26.1. The first-order valence-electron chi connectivity index (χ1n) is 12.0. The van der Waals surface area contributed by atoms with Crippen molar-refractivity contribution in [3.63, 3.8) is 0 Å². The topological polar surface area (TPSA) is 89.3 Å². The Labute approximate surface area is 220 Å². The van der Waals surface area contributed by atoms with Gasteiger partial charge in [-0.3, -0.25) is 9.59 Å². The third-order valence-corrected chi connectivity index (χ3v) is 7.04. The number of pyridine rings is 1. The van der Waals surface area contributed by atoms with Crippen LogP contribution in [0.2, 0.25) is 5.02 Å². The standard InChI is InChI=1S/C28H27ClFN5O2/c1-3-34(2)25-11-7-21(18-32-25)26(36)33-24-16-20(6-10-23(24)29)27(37)35-14-12-28(30,13-15-35)22-8-4-19(17-31)5-9-22/h4-11,16,18H,3,12-15H2,1-2H3,(H,33,36). The molecule has 1 saturated heterocycles. The van der Waals surface area contributed by atoms with Gasteiger partial charge in [-0.1, -0.05) is 23.7 Å². The molecule has 2 heterocycles. The van der Waals surface area contributed by atoms with E-state index < -0.39 is 11.6 Å². The van der Waals surface area contributed by atoms with Crippen LogP contribution in [0.1, 0.15) is 51.6 Å². The lowest BCUT2D eigenvalue weighted by Gasteiger charge is -2.36. The van der Waals surface area contributed by atoms with Gasteiger partial charge in [0.25, 0.3) is 11.8 Å². The Morgan fingerprint density at radius 1 is 1.14 bits per heavy atom. The van der Waals surface area contributed by atoms with Crippen LogP contribution < -0.4 is 10.2 Å². The van der Waals surface area contributed by atoms with E-state index in [-0.39, 0.29) is 31.8 Å². The van der Waals surface area contributed by atoms with Crippen molar-refractivity contribution in [2.45, 2.75) is 25.4 Å². The van der Waals surface area contributed by atoms with Crippen molar-refractivity contribution in [1.29, 1.82) is 5.26 Å². The number of carbonyl (C=O) groups excluding carboxylic acids is 2. The number of nitriles is 1. The maximum absolute atomic E-state index is 15.6. The highest BCUT2D eigenvalue weighted by atomic mass is 35.5. The maximum atomic E-state index is 15.6. The number of amides is 2. The van der Waals surface area contributed by atoms with Gasteiger partial charge in [0.1, 0.15) is 11.5 Å². The molecule has 7 nitrogen and oxygen atoms in total. The van der Waals surface area contributed by atoms with Gasteiger partial charge in [-0.2, -0.15) is 5.26 Å². The molecule has 1 aliphatic heterocycles. The van der Waals surface area contributed by atoms with Crippen LogP contribution in [0.15, 0.2) is 60.8 Å². The van der Waals surface area contributed by atoms with Crippen molar-refractivity contribution in [3.05, 3.63) is 88.1 Å². The molecule has 0 saturated carbocycles. The second-order valence-corrected chi connectivity index (χ2v) is 9.42. The maximum Gasteiger partial charge on any atom is 0.257 e. The monoisotopic (exact) mass is 519 g/mol. The number of anilines is 2. The van der Waals surface area contributed by atoms with Gasteiger partial charge in [-0.15, -0.1) is 0 Å². The van der Waals surface area contributed by atoms with E-state index in [2.05, 4.69) is 10.3 Å². The zero-order valence-corrected chi connectivity index (χ0v) is 21.4. The minimum atomic E-state index is -1.56. The largest absolute Gasteiger partial charge is 0.360 e. The molecule has 0 atom stereocenters. The van der Waals surface area contributed by atoms with Crippen molar-refractivity contribution in [1.82, 2.24) is 9.88 Å². The Bertz CT molecular complexity index is 1330. The summed E-state index contributed by atoms with van der Waals surface area (Å²) in [4.78, 5) is 33.8. The van der Waals surface area contributed by atoms with Crippen LogP contribution in [-0.2, 0) is 5.67 Å². The predicted molar refractivity (Wildman–Crippen MR) is 142 cm³/mol. The molecule has 0 spiro atoms. The lowest BCUT2D eigenvalue weighted by atomic mass is 9.85. The fraction of sp³-hybridized carbons (Fsp3) is 0.286. The number of nitrogens with one attached hydrogen (secondary N) is 1. The second-order valence-electron chi connectivity index (χ2n) is 9.01. The van der Waals surface area contributed by atoms with Gasteiger partial charge in [0.2, 0.25) is 0 Å². The molecule has 1 aliphatic rings. The molecular weight excluding hydrogens is 493 g/mol. The number of nitrogens with zero attached hydrogens (tertiary/aromatic N) is 4. The first-order chi connectivity index (χ1) is 17.7. The Hall–Kier alpha value is -3.96. The van der Waals surface area contributed by atoms with Gasteiger partial charge in [0.05, 0.1) is 27.9 Å². The van der Waals surface area contributed by atoms with E-state index in [0.29, 0.717) is 33.0 Å². The number of rotatable bonds is 6. The van der Waals surface area contributed by atoms with E-state index in [1.54, 1.807) is 53.4 Å². The quantitative estimate of drug-likeness (QED) is 0.470. The van der Waals surface area contributed by atoms with Crippen LogP contribution in [0, 0.1) is 11.3 Å². The number of aromatic nitrogens is 1. The van der Waals surface area contributed by atoms with Crippen molar-refractivity contribution in [3.8, 4) is 6.07 Å². The minimum Gasteiger partial charge on any atom is -0.360 e. The fourth-order valence-corrected chi connectivity index (χ4v) is 4.40. The number of hydrogen-bond acceptors (Lipinski definition) is 5. The summed E-state index contributed by atoms with van der Waals surface area (Å²) in [5.41, 5.74) is 0.449. The van der Waals surface area contributed by atoms with E-state index >= 15 is 4.39 Å². The Morgan fingerprint density at radius 2 is 1.81 bits per heavy atom. The summed E-state index contributed by atoms with van der Waals surface area (Å²) < 4.78 is 15.6. The van der Waals surface area contributed by atoms with Gasteiger partial charge in [0, 0.05) is 51.3 Å².